The summed E-state index contributed by atoms with van der Waals surface area (Å²) in [5.74, 6) is 0.464. The Morgan fingerprint density at radius 2 is 2.12 bits per heavy atom. The van der Waals surface area contributed by atoms with Crippen LogP contribution in [0.3, 0.4) is 0 Å². The molecule has 1 rings (SSSR count). The minimum atomic E-state index is 0.313. The fourth-order valence-corrected chi connectivity index (χ4v) is 2.40. The SMILES string of the molecule is CCN(c1ccc(Cl)cc1CCl)C(C)COC. The summed E-state index contributed by atoms with van der Waals surface area (Å²) in [5, 5.41) is 0.722. The first-order chi connectivity index (χ1) is 8.13. The molecule has 1 aromatic carbocycles. The quantitative estimate of drug-likeness (QED) is 0.730. The lowest BCUT2D eigenvalue weighted by Gasteiger charge is -2.31. The van der Waals surface area contributed by atoms with Crippen LogP contribution in [0.2, 0.25) is 5.02 Å². The van der Waals surface area contributed by atoms with Crippen molar-refractivity contribution in [1.29, 1.82) is 0 Å². The highest BCUT2D eigenvalue weighted by Crippen LogP contribution is 2.27. The highest BCUT2D eigenvalue weighted by Gasteiger charge is 2.15. The zero-order valence-corrected chi connectivity index (χ0v) is 12.1. The molecular formula is C13H19Cl2NO. The molecule has 0 saturated heterocycles. The van der Waals surface area contributed by atoms with E-state index in [1.807, 2.05) is 18.2 Å². The van der Waals surface area contributed by atoms with Gasteiger partial charge in [-0.15, -0.1) is 11.6 Å². The van der Waals surface area contributed by atoms with Crippen LogP contribution in [-0.4, -0.2) is 26.3 Å². The summed E-state index contributed by atoms with van der Waals surface area (Å²) in [6.45, 7) is 5.87. The van der Waals surface area contributed by atoms with Crippen LogP contribution in [0.4, 0.5) is 5.69 Å². The predicted molar refractivity (Wildman–Crippen MR) is 75.4 cm³/mol. The lowest BCUT2D eigenvalue weighted by atomic mass is 10.1. The summed E-state index contributed by atoms with van der Waals surface area (Å²) in [5.41, 5.74) is 2.19. The number of benzene rings is 1. The van der Waals surface area contributed by atoms with Crippen molar-refractivity contribution in [3.8, 4) is 0 Å². The average Bonchev–Trinajstić information content (AvgIpc) is 2.32. The molecule has 2 nitrogen and oxygen atoms in total. The number of methoxy groups -OCH3 is 1. The molecule has 17 heavy (non-hydrogen) atoms. The maximum atomic E-state index is 5.98. The molecule has 0 amide bonds. The average molecular weight is 276 g/mol. The second-order valence-electron chi connectivity index (χ2n) is 4.00. The van der Waals surface area contributed by atoms with E-state index in [0.717, 1.165) is 22.8 Å². The van der Waals surface area contributed by atoms with Crippen molar-refractivity contribution >= 4 is 28.9 Å². The molecule has 1 aromatic rings. The predicted octanol–water partition coefficient (Wildman–Crippen LogP) is 3.94. The van der Waals surface area contributed by atoms with Crippen molar-refractivity contribution in [2.75, 3.05) is 25.2 Å². The first-order valence-corrected chi connectivity index (χ1v) is 6.65. The Kier molecular flexibility index (Phi) is 6.10. The van der Waals surface area contributed by atoms with E-state index in [4.69, 9.17) is 27.9 Å². The van der Waals surface area contributed by atoms with Crippen LogP contribution in [-0.2, 0) is 10.6 Å². The maximum Gasteiger partial charge on any atom is 0.0663 e. The number of hydrogen-bond donors (Lipinski definition) is 0. The standard InChI is InChI=1S/C13H19Cl2NO/c1-4-16(10(2)9-17-3)13-6-5-12(15)7-11(13)8-14/h5-7,10H,4,8-9H2,1-3H3. The van der Waals surface area contributed by atoms with Gasteiger partial charge in [0, 0.05) is 36.3 Å². The zero-order valence-electron chi connectivity index (χ0n) is 10.5. The van der Waals surface area contributed by atoms with E-state index in [2.05, 4.69) is 18.7 Å². The van der Waals surface area contributed by atoms with Crippen molar-refractivity contribution in [1.82, 2.24) is 0 Å². The molecule has 0 heterocycles. The molecule has 4 heteroatoms. The summed E-state index contributed by atoms with van der Waals surface area (Å²) in [4.78, 5) is 2.28. The first kappa shape index (κ1) is 14.6. The Hall–Kier alpha value is -0.440. The molecular weight excluding hydrogens is 257 g/mol. The number of alkyl halides is 1. The molecule has 0 radical (unpaired) electrons. The van der Waals surface area contributed by atoms with E-state index in [-0.39, 0.29) is 0 Å². The Morgan fingerprint density at radius 3 is 2.65 bits per heavy atom. The second-order valence-corrected chi connectivity index (χ2v) is 4.70. The van der Waals surface area contributed by atoms with Gasteiger partial charge in [-0.25, -0.2) is 0 Å². The van der Waals surface area contributed by atoms with E-state index in [1.165, 1.54) is 0 Å². The van der Waals surface area contributed by atoms with Crippen molar-refractivity contribution in [2.45, 2.75) is 25.8 Å². The van der Waals surface area contributed by atoms with Crippen molar-refractivity contribution in [3.63, 3.8) is 0 Å². The first-order valence-electron chi connectivity index (χ1n) is 5.74. The normalized spacial score (nSPS) is 12.5. The molecule has 0 aliphatic carbocycles. The van der Waals surface area contributed by atoms with E-state index in [0.29, 0.717) is 18.5 Å². The van der Waals surface area contributed by atoms with Crippen LogP contribution in [0, 0.1) is 0 Å². The number of ether oxygens (including phenoxy) is 1. The Morgan fingerprint density at radius 1 is 1.41 bits per heavy atom. The number of likely N-dealkylation sites (N-methyl/N-ethyl adjacent to an activating group) is 1. The molecule has 0 aliphatic rings. The van der Waals surface area contributed by atoms with E-state index in [1.54, 1.807) is 7.11 Å². The van der Waals surface area contributed by atoms with Crippen LogP contribution < -0.4 is 4.90 Å². The lowest BCUT2D eigenvalue weighted by molar-refractivity contribution is 0.182. The molecule has 0 N–H and O–H groups in total. The van der Waals surface area contributed by atoms with Gasteiger partial charge in [0.05, 0.1) is 6.61 Å². The van der Waals surface area contributed by atoms with Gasteiger partial charge < -0.3 is 9.64 Å². The summed E-state index contributed by atoms with van der Waals surface area (Å²) in [7, 11) is 1.72. The molecule has 0 fully saturated rings. The van der Waals surface area contributed by atoms with Crippen LogP contribution in [0.15, 0.2) is 18.2 Å². The van der Waals surface area contributed by atoms with Crippen molar-refractivity contribution in [2.24, 2.45) is 0 Å². The summed E-state index contributed by atoms with van der Waals surface area (Å²) >= 11 is 12.0. The lowest BCUT2D eigenvalue weighted by Crippen LogP contribution is -2.36. The Labute approximate surface area is 113 Å². The van der Waals surface area contributed by atoms with Gasteiger partial charge in [-0.3, -0.25) is 0 Å². The molecule has 0 spiro atoms. The van der Waals surface area contributed by atoms with Crippen molar-refractivity contribution in [3.05, 3.63) is 28.8 Å². The molecule has 96 valence electrons. The van der Waals surface area contributed by atoms with E-state index >= 15 is 0 Å². The third-order valence-electron chi connectivity index (χ3n) is 2.78. The summed E-state index contributed by atoms with van der Waals surface area (Å²) < 4.78 is 5.20. The minimum absolute atomic E-state index is 0.313. The van der Waals surface area contributed by atoms with Gasteiger partial charge in [-0.2, -0.15) is 0 Å². The second kappa shape index (κ2) is 7.10. The topological polar surface area (TPSA) is 12.5 Å². The number of hydrogen-bond acceptors (Lipinski definition) is 2. The molecule has 1 atom stereocenters. The number of nitrogens with zero attached hydrogens (tertiary/aromatic N) is 1. The maximum absolute atomic E-state index is 5.98. The van der Waals surface area contributed by atoms with Gasteiger partial charge in [-0.05, 0) is 37.6 Å². The molecule has 0 aromatic heterocycles. The van der Waals surface area contributed by atoms with Crippen LogP contribution in [0.1, 0.15) is 19.4 Å². The van der Waals surface area contributed by atoms with Crippen LogP contribution >= 0.6 is 23.2 Å². The third kappa shape index (κ3) is 3.77. The fraction of sp³-hybridized carbons (Fsp3) is 0.538. The van der Waals surface area contributed by atoms with E-state index in [9.17, 15) is 0 Å². The Bertz CT molecular complexity index is 357. The van der Waals surface area contributed by atoms with Gasteiger partial charge in [0.1, 0.15) is 0 Å². The molecule has 1 unspecified atom stereocenters. The zero-order chi connectivity index (χ0) is 12.8. The van der Waals surface area contributed by atoms with Gasteiger partial charge in [0.25, 0.3) is 0 Å². The highest BCUT2D eigenvalue weighted by molar-refractivity contribution is 6.30. The number of anilines is 1. The van der Waals surface area contributed by atoms with Gasteiger partial charge >= 0.3 is 0 Å². The van der Waals surface area contributed by atoms with E-state index < -0.39 is 0 Å². The number of halogens is 2. The van der Waals surface area contributed by atoms with Gasteiger partial charge in [0.2, 0.25) is 0 Å². The molecule has 0 bridgehead atoms. The highest BCUT2D eigenvalue weighted by atomic mass is 35.5. The van der Waals surface area contributed by atoms with Crippen LogP contribution in [0.25, 0.3) is 0 Å². The van der Waals surface area contributed by atoms with Crippen molar-refractivity contribution < 1.29 is 4.74 Å². The Balaban J connectivity index is 3.02. The minimum Gasteiger partial charge on any atom is -0.383 e. The molecule has 0 saturated carbocycles. The fourth-order valence-electron chi connectivity index (χ4n) is 1.99. The smallest absolute Gasteiger partial charge is 0.0663 e. The molecule has 0 aliphatic heterocycles. The van der Waals surface area contributed by atoms with Gasteiger partial charge in [-0.1, -0.05) is 11.6 Å². The van der Waals surface area contributed by atoms with Crippen LogP contribution in [0.5, 0.6) is 0 Å². The monoisotopic (exact) mass is 275 g/mol. The van der Waals surface area contributed by atoms with Gasteiger partial charge in [0.15, 0.2) is 0 Å². The summed E-state index contributed by atoms with van der Waals surface area (Å²) in [6.07, 6.45) is 0. The third-order valence-corrected chi connectivity index (χ3v) is 3.30. The largest absolute Gasteiger partial charge is 0.383 e. The number of rotatable bonds is 6. The summed E-state index contributed by atoms with van der Waals surface area (Å²) in [6, 6.07) is 6.16.